The van der Waals surface area contributed by atoms with E-state index in [1.165, 1.54) is 0 Å². The first-order valence-electron chi connectivity index (χ1n) is 15.5. The Morgan fingerprint density at radius 2 is 0.766 bits per heavy atom. The van der Waals surface area contributed by atoms with Crippen molar-refractivity contribution in [3.05, 3.63) is 169 Å². The standard InChI is InChI=1S/C42H27ClN2O2/c43-28-24-35-33-20-10-12-22-39(33)46-41(35)37(25-28)45(31-18-8-3-9-19-31)32-26-36-34-21-11-13-23-40(34)47-42(36)38(27-32)44(29-14-4-1-5-15-29)30-16-6-2-7-17-30/h1-27H. The van der Waals surface area contributed by atoms with Gasteiger partial charge in [0.05, 0.1) is 11.4 Å². The number of rotatable bonds is 6. The topological polar surface area (TPSA) is 32.8 Å². The number of hydrogen-bond acceptors (Lipinski definition) is 4. The summed E-state index contributed by atoms with van der Waals surface area (Å²) in [5.41, 5.74) is 8.92. The number of hydrogen-bond donors (Lipinski definition) is 0. The van der Waals surface area contributed by atoms with E-state index in [9.17, 15) is 0 Å². The molecule has 0 saturated heterocycles. The molecule has 0 aliphatic rings. The highest BCUT2D eigenvalue weighted by molar-refractivity contribution is 6.32. The van der Waals surface area contributed by atoms with E-state index in [4.69, 9.17) is 20.4 Å². The first kappa shape index (κ1) is 27.3. The predicted octanol–water partition coefficient (Wildman–Crippen LogP) is 13.1. The summed E-state index contributed by atoms with van der Waals surface area (Å²) in [5, 5.41) is 4.67. The highest BCUT2D eigenvalue weighted by Gasteiger charge is 2.25. The molecule has 0 amide bonds. The SMILES string of the molecule is Clc1cc(N(c2ccccc2)c2cc(N(c3ccccc3)c3ccccc3)c3oc4ccccc4c3c2)c2oc3ccccc3c2c1. The van der Waals surface area contributed by atoms with Gasteiger partial charge in [0.2, 0.25) is 0 Å². The summed E-state index contributed by atoms with van der Waals surface area (Å²) in [4.78, 5) is 4.49. The van der Waals surface area contributed by atoms with Gasteiger partial charge in [-0.15, -0.1) is 0 Å². The second-order valence-electron chi connectivity index (χ2n) is 11.5. The fraction of sp³-hybridized carbons (Fsp3) is 0. The molecule has 0 radical (unpaired) electrons. The summed E-state index contributed by atoms with van der Waals surface area (Å²) in [6.07, 6.45) is 0. The summed E-state index contributed by atoms with van der Waals surface area (Å²) < 4.78 is 13.3. The zero-order valence-electron chi connectivity index (χ0n) is 25.2. The van der Waals surface area contributed by atoms with E-state index in [1.807, 2.05) is 60.7 Å². The van der Waals surface area contributed by atoms with Gasteiger partial charge in [-0.2, -0.15) is 0 Å². The van der Waals surface area contributed by atoms with Crippen LogP contribution >= 0.6 is 11.6 Å². The van der Waals surface area contributed by atoms with Crippen molar-refractivity contribution in [2.24, 2.45) is 0 Å². The van der Waals surface area contributed by atoms with Crippen LogP contribution in [-0.2, 0) is 0 Å². The van der Waals surface area contributed by atoms with E-state index in [0.717, 1.165) is 78.0 Å². The molecule has 9 rings (SSSR count). The average Bonchev–Trinajstić information content (AvgIpc) is 3.69. The Morgan fingerprint density at radius 3 is 1.28 bits per heavy atom. The molecule has 47 heavy (non-hydrogen) atoms. The van der Waals surface area contributed by atoms with Crippen LogP contribution in [0, 0.1) is 0 Å². The number of benzene rings is 7. The number of fused-ring (bicyclic) bond motifs is 6. The van der Waals surface area contributed by atoms with Crippen LogP contribution in [0.4, 0.5) is 34.1 Å². The van der Waals surface area contributed by atoms with Crippen LogP contribution in [-0.4, -0.2) is 0 Å². The molecule has 0 aliphatic heterocycles. The Morgan fingerprint density at radius 1 is 0.362 bits per heavy atom. The maximum atomic E-state index is 6.91. The number of anilines is 6. The van der Waals surface area contributed by atoms with Gasteiger partial charge in [-0.1, -0.05) is 103 Å². The van der Waals surface area contributed by atoms with Crippen LogP contribution in [0.5, 0.6) is 0 Å². The molecule has 0 N–H and O–H groups in total. The zero-order chi connectivity index (χ0) is 31.3. The molecule has 4 nitrogen and oxygen atoms in total. The molecule has 5 heteroatoms. The third-order valence-corrected chi connectivity index (χ3v) is 8.87. The largest absolute Gasteiger partial charge is 0.454 e. The van der Waals surface area contributed by atoms with Gasteiger partial charge in [-0.05, 0) is 72.8 Å². The van der Waals surface area contributed by atoms with Gasteiger partial charge >= 0.3 is 0 Å². The van der Waals surface area contributed by atoms with Crippen LogP contribution in [0.15, 0.2) is 173 Å². The monoisotopic (exact) mass is 626 g/mol. The van der Waals surface area contributed by atoms with Crippen molar-refractivity contribution in [1.29, 1.82) is 0 Å². The lowest BCUT2D eigenvalue weighted by molar-refractivity contribution is 0.669. The summed E-state index contributed by atoms with van der Waals surface area (Å²) >= 11 is 6.91. The summed E-state index contributed by atoms with van der Waals surface area (Å²) in [7, 11) is 0. The molecule has 0 unspecified atom stereocenters. The Kier molecular flexibility index (Phi) is 6.47. The molecular formula is C42H27ClN2O2. The van der Waals surface area contributed by atoms with E-state index in [-0.39, 0.29) is 0 Å². The number of furan rings is 2. The van der Waals surface area contributed by atoms with Crippen LogP contribution in [0.3, 0.4) is 0 Å². The zero-order valence-corrected chi connectivity index (χ0v) is 25.9. The minimum atomic E-state index is 0.630. The molecule has 224 valence electrons. The maximum absolute atomic E-state index is 6.91. The van der Waals surface area contributed by atoms with Crippen molar-refractivity contribution < 1.29 is 8.83 Å². The quantitative estimate of drug-likeness (QED) is 0.184. The number of halogens is 1. The van der Waals surface area contributed by atoms with Crippen molar-refractivity contribution in [3.63, 3.8) is 0 Å². The second kappa shape index (κ2) is 11.1. The minimum absolute atomic E-state index is 0.630. The van der Waals surface area contributed by atoms with Gasteiger partial charge in [0, 0.05) is 49.3 Å². The lowest BCUT2D eigenvalue weighted by atomic mass is 10.1. The third-order valence-electron chi connectivity index (χ3n) is 8.65. The lowest BCUT2D eigenvalue weighted by Crippen LogP contribution is -2.13. The van der Waals surface area contributed by atoms with Gasteiger partial charge in [-0.25, -0.2) is 0 Å². The van der Waals surface area contributed by atoms with E-state index in [0.29, 0.717) is 5.02 Å². The van der Waals surface area contributed by atoms with Crippen molar-refractivity contribution in [1.82, 2.24) is 0 Å². The molecule has 0 atom stereocenters. The minimum Gasteiger partial charge on any atom is -0.454 e. The smallest absolute Gasteiger partial charge is 0.159 e. The van der Waals surface area contributed by atoms with Gasteiger partial charge in [0.15, 0.2) is 11.2 Å². The van der Waals surface area contributed by atoms with Crippen LogP contribution < -0.4 is 9.80 Å². The van der Waals surface area contributed by atoms with Crippen LogP contribution in [0.25, 0.3) is 43.9 Å². The Bertz CT molecular complexity index is 2500. The van der Waals surface area contributed by atoms with E-state index in [2.05, 4.69) is 113 Å². The highest BCUT2D eigenvalue weighted by Crippen LogP contribution is 2.49. The molecule has 0 aliphatic carbocycles. The first-order chi connectivity index (χ1) is 23.2. The number of nitrogens with zero attached hydrogens (tertiary/aromatic N) is 2. The molecule has 0 bridgehead atoms. The van der Waals surface area contributed by atoms with E-state index >= 15 is 0 Å². The lowest BCUT2D eigenvalue weighted by Gasteiger charge is -2.29. The predicted molar refractivity (Wildman–Crippen MR) is 195 cm³/mol. The second-order valence-corrected chi connectivity index (χ2v) is 12.0. The molecule has 0 saturated carbocycles. The van der Waals surface area contributed by atoms with Crippen molar-refractivity contribution in [2.45, 2.75) is 0 Å². The summed E-state index contributed by atoms with van der Waals surface area (Å²) in [5.74, 6) is 0. The molecule has 2 aromatic heterocycles. The Balaban J connectivity index is 1.40. The Labute approximate surface area is 276 Å². The fourth-order valence-corrected chi connectivity index (χ4v) is 6.83. The van der Waals surface area contributed by atoms with Crippen LogP contribution in [0.1, 0.15) is 0 Å². The Hall–Kier alpha value is -5.97. The molecule has 0 spiro atoms. The molecule has 9 aromatic rings. The molecule has 7 aromatic carbocycles. The van der Waals surface area contributed by atoms with Gasteiger partial charge in [0.25, 0.3) is 0 Å². The molecule has 2 heterocycles. The average molecular weight is 627 g/mol. The summed E-state index contributed by atoms with van der Waals surface area (Å²) in [6.45, 7) is 0. The van der Waals surface area contributed by atoms with Crippen molar-refractivity contribution >= 4 is 89.6 Å². The third kappa shape index (κ3) is 4.61. The molecule has 0 fully saturated rings. The first-order valence-corrected chi connectivity index (χ1v) is 15.9. The van der Waals surface area contributed by atoms with Gasteiger partial charge in [0.1, 0.15) is 11.2 Å². The fourth-order valence-electron chi connectivity index (χ4n) is 6.62. The normalized spacial score (nSPS) is 11.5. The van der Waals surface area contributed by atoms with Gasteiger partial charge < -0.3 is 18.6 Å². The maximum Gasteiger partial charge on any atom is 0.159 e. The number of para-hydroxylation sites is 5. The van der Waals surface area contributed by atoms with Crippen LogP contribution in [0.2, 0.25) is 5.02 Å². The van der Waals surface area contributed by atoms with Gasteiger partial charge in [-0.3, -0.25) is 0 Å². The molecular weight excluding hydrogens is 600 g/mol. The highest BCUT2D eigenvalue weighted by atomic mass is 35.5. The van der Waals surface area contributed by atoms with E-state index in [1.54, 1.807) is 0 Å². The van der Waals surface area contributed by atoms with Crippen molar-refractivity contribution in [3.8, 4) is 0 Å². The summed E-state index contributed by atoms with van der Waals surface area (Å²) in [6, 6.07) is 55.9. The van der Waals surface area contributed by atoms with Crippen molar-refractivity contribution in [2.75, 3.05) is 9.80 Å². The van der Waals surface area contributed by atoms with E-state index < -0.39 is 0 Å².